The lowest BCUT2D eigenvalue weighted by Crippen LogP contribution is -2.53. The monoisotopic (exact) mass is 406 g/mol. The van der Waals surface area contributed by atoms with E-state index in [1.165, 1.54) is 0 Å². The maximum absolute atomic E-state index is 12.9. The van der Waals surface area contributed by atoms with Crippen LogP contribution < -0.4 is 10.2 Å². The molecule has 1 atom stereocenters. The normalized spacial score (nSPS) is 21.8. The van der Waals surface area contributed by atoms with Gasteiger partial charge < -0.3 is 25.1 Å². The Morgan fingerprint density at radius 1 is 0.967 bits per heavy atom. The van der Waals surface area contributed by atoms with Crippen LogP contribution in [-0.2, 0) is 4.79 Å². The van der Waals surface area contributed by atoms with Gasteiger partial charge in [0.1, 0.15) is 11.8 Å². The van der Waals surface area contributed by atoms with Crippen molar-refractivity contribution in [2.24, 2.45) is 0 Å². The molecule has 2 aliphatic heterocycles. The van der Waals surface area contributed by atoms with Crippen molar-refractivity contribution in [2.75, 3.05) is 36.4 Å². The summed E-state index contributed by atoms with van der Waals surface area (Å²) in [4.78, 5) is 30.9. The highest BCUT2D eigenvalue weighted by Gasteiger charge is 2.50. The van der Waals surface area contributed by atoms with Crippen LogP contribution in [0.1, 0.15) is 30.1 Å². The van der Waals surface area contributed by atoms with E-state index in [2.05, 4.69) is 29.3 Å². The number of nitrogens with one attached hydrogen (secondary N) is 1. The SMILES string of the molecule is CC1Nc2ccccc2N1c1ccc(C(=O)N2CCN(C(=O)C3(O)CC3)CC2)cc1. The van der Waals surface area contributed by atoms with Gasteiger partial charge in [-0.05, 0) is 56.2 Å². The van der Waals surface area contributed by atoms with E-state index < -0.39 is 5.60 Å². The summed E-state index contributed by atoms with van der Waals surface area (Å²) in [6.45, 7) is 4.03. The number of hydrogen-bond donors (Lipinski definition) is 2. The van der Waals surface area contributed by atoms with Crippen LogP contribution in [0.4, 0.5) is 17.1 Å². The molecular weight excluding hydrogens is 380 g/mol. The Kier molecular flexibility index (Phi) is 4.43. The zero-order chi connectivity index (χ0) is 20.9. The number of nitrogens with zero attached hydrogens (tertiary/aromatic N) is 3. The molecule has 3 aliphatic rings. The summed E-state index contributed by atoms with van der Waals surface area (Å²) in [6.07, 6.45) is 1.23. The number of para-hydroxylation sites is 2. The third-order valence-electron chi connectivity index (χ3n) is 6.28. The minimum atomic E-state index is -1.14. The van der Waals surface area contributed by atoms with Gasteiger partial charge in [0.15, 0.2) is 0 Å². The summed E-state index contributed by atoms with van der Waals surface area (Å²) in [5, 5.41) is 13.5. The molecule has 156 valence electrons. The molecule has 0 aromatic heterocycles. The van der Waals surface area contributed by atoms with E-state index in [1.54, 1.807) is 9.80 Å². The molecule has 1 unspecified atom stereocenters. The molecule has 2 heterocycles. The predicted molar refractivity (Wildman–Crippen MR) is 115 cm³/mol. The molecule has 0 spiro atoms. The van der Waals surface area contributed by atoms with Crippen molar-refractivity contribution in [3.8, 4) is 0 Å². The maximum Gasteiger partial charge on any atom is 0.254 e. The van der Waals surface area contributed by atoms with Crippen LogP contribution in [0.25, 0.3) is 0 Å². The Hall–Kier alpha value is -3.06. The lowest BCUT2D eigenvalue weighted by molar-refractivity contribution is -0.143. The Bertz CT molecular complexity index is 978. The third-order valence-corrected chi connectivity index (χ3v) is 6.28. The van der Waals surface area contributed by atoms with Crippen molar-refractivity contribution in [1.82, 2.24) is 9.80 Å². The van der Waals surface area contributed by atoms with E-state index in [0.717, 1.165) is 17.1 Å². The van der Waals surface area contributed by atoms with Gasteiger partial charge in [-0.1, -0.05) is 12.1 Å². The maximum atomic E-state index is 12.9. The van der Waals surface area contributed by atoms with E-state index >= 15 is 0 Å². The minimum Gasteiger partial charge on any atom is -0.380 e. The van der Waals surface area contributed by atoms with Gasteiger partial charge in [0.2, 0.25) is 0 Å². The number of piperazine rings is 1. The van der Waals surface area contributed by atoms with Crippen molar-refractivity contribution in [3.63, 3.8) is 0 Å². The molecule has 7 nitrogen and oxygen atoms in total. The van der Waals surface area contributed by atoms with Crippen LogP contribution in [0.2, 0.25) is 0 Å². The second kappa shape index (κ2) is 7.02. The van der Waals surface area contributed by atoms with Crippen LogP contribution in [-0.4, -0.2) is 64.7 Å². The lowest BCUT2D eigenvalue weighted by Gasteiger charge is -2.35. The number of benzene rings is 2. The topological polar surface area (TPSA) is 76.1 Å². The fourth-order valence-electron chi connectivity index (χ4n) is 4.35. The van der Waals surface area contributed by atoms with Gasteiger partial charge in [0, 0.05) is 37.4 Å². The van der Waals surface area contributed by atoms with Gasteiger partial charge in [-0.15, -0.1) is 0 Å². The first-order chi connectivity index (χ1) is 14.5. The van der Waals surface area contributed by atoms with Crippen LogP contribution >= 0.6 is 0 Å². The molecule has 7 heteroatoms. The summed E-state index contributed by atoms with van der Waals surface area (Å²) in [7, 11) is 0. The molecule has 5 rings (SSSR count). The molecule has 1 saturated carbocycles. The highest BCUT2D eigenvalue weighted by atomic mass is 16.3. The van der Waals surface area contributed by atoms with E-state index in [-0.39, 0.29) is 18.0 Å². The number of hydrogen-bond acceptors (Lipinski definition) is 5. The smallest absolute Gasteiger partial charge is 0.254 e. The summed E-state index contributed by atoms with van der Waals surface area (Å²) >= 11 is 0. The average Bonchev–Trinajstić information content (AvgIpc) is 3.44. The first kappa shape index (κ1) is 18.9. The van der Waals surface area contributed by atoms with Gasteiger partial charge in [-0.2, -0.15) is 0 Å². The third kappa shape index (κ3) is 3.19. The predicted octanol–water partition coefficient (Wildman–Crippen LogP) is 2.41. The van der Waals surface area contributed by atoms with Gasteiger partial charge in [-0.3, -0.25) is 9.59 Å². The second-order valence-corrected chi connectivity index (χ2v) is 8.37. The number of carbonyl (C=O) groups excluding carboxylic acids is 2. The van der Waals surface area contributed by atoms with Crippen molar-refractivity contribution in [3.05, 3.63) is 54.1 Å². The molecule has 0 radical (unpaired) electrons. The van der Waals surface area contributed by atoms with E-state index in [0.29, 0.717) is 44.6 Å². The van der Waals surface area contributed by atoms with Crippen molar-refractivity contribution >= 4 is 28.9 Å². The lowest BCUT2D eigenvalue weighted by atomic mass is 10.1. The Labute approximate surface area is 175 Å². The molecule has 2 amide bonds. The molecule has 2 aromatic carbocycles. The highest BCUT2D eigenvalue weighted by Crippen LogP contribution is 2.39. The van der Waals surface area contributed by atoms with E-state index in [4.69, 9.17) is 0 Å². The Morgan fingerprint density at radius 2 is 1.60 bits per heavy atom. The summed E-state index contributed by atoms with van der Waals surface area (Å²) in [5.74, 6) is -0.209. The number of rotatable bonds is 3. The van der Waals surface area contributed by atoms with Crippen LogP contribution in [0, 0.1) is 0 Å². The molecule has 0 bridgehead atoms. The summed E-state index contributed by atoms with van der Waals surface area (Å²) in [5.41, 5.74) is 2.77. The molecule has 1 aliphatic carbocycles. The first-order valence-corrected chi connectivity index (χ1v) is 10.5. The van der Waals surface area contributed by atoms with Gasteiger partial charge in [0.25, 0.3) is 11.8 Å². The van der Waals surface area contributed by atoms with Crippen molar-refractivity contribution in [1.29, 1.82) is 0 Å². The number of fused-ring (bicyclic) bond motifs is 1. The number of anilines is 3. The molecule has 2 N–H and O–H groups in total. The standard InChI is InChI=1S/C23H26N4O3/c1-16-24-19-4-2-3-5-20(19)27(16)18-8-6-17(7-9-18)21(28)25-12-14-26(15-13-25)22(29)23(30)10-11-23/h2-9,16,24,30H,10-15H2,1H3. The second-order valence-electron chi connectivity index (χ2n) is 8.37. The molecular formula is C23H26N4O3. The molecule has 1 saturated heterocycles. The average molecular weight is 406 g/mol. The van der Waals surface area contributed by atoms with Crippen LogP contribution in [0.3, 0.4) is 0 Å². The fourth-order valence-corrected chi connectivity index (χ4v) is 4.35. The zero-order valence-electron chi connectivity index (χ0n) is 17.0. The Morgan fingerprint density at radius 3 is 2.27 bits per heavy atom. The quantitative estimate of drug-likeness (QED) is 0.819. The van der Waals surface area contributed by atoms with E-state index in [9.17, 15) is 14.7 Å². The zero-order valence-corrected chi connectivity index (χ0v) is 17.0. The van der Waals surface area contributed by atoms with Crippen molar-refractivity contribution < 1.29 is 14.7 Å². The fraction of sp³-hybridized carbons (Fsp3) is 0.391. The van der Waals surface area contributed by atoms with Gasteiger partial charge in [-0.25, -0.2) is 0 Å². The molecule has 30 heavy (non-hydrogen) atoms. The number of amides is 2. The number of aliphatic hydroxyl groups is 1. The first-order valence-electron chi connectivity index (χ1n) is 10.5. The van der Waals surface area contributed by atoms with Gasteiger partial charge in [0.05, 0.1) is 11.4 Å². The minimum absolute atomic E-state index is 0.0215. The summed E-state index contributed by atoms with van der Waals surface area (Å²) in [6, 6.07) is 15.9. The molecule has 2 aromatic rings. The summed E-state index contributed by atoms with van der Waals surface area (Å²) < 4.78 is 0. The van der Waals surface area contributed by atoms with E-state index in [1.807, 2.05) is 36.4 Å². The van der Waals surface area contributed by atoms with Crippen LogP contribution in [0.15, 0.2) is 48.5 Å². The van der Waals surface area contributed by atoms with Gasteiger partial charge >= 0.3 is 0 Å². The molecule has 2 fully saturated rings. The Balaban J connectivity index is 1.25. The van der Waals surface area contributed by atoms with Crippen LogP contribution in [0.5, 0.6) is 0 Å². The number of carbonyl (C=O) groups is 2. The van der Waals surface area contributed by atoms with Crippen molar-refractivity contribution in [2.45, 2.75) is 31.5 Å². The largest absolute Gasteiger partial charge is 0.380 e. The highest BCUT2D eigenvalue weighted by molar-refractivity contribution is 5.95.